The van der Waals surface area contributed by atoms with Crippen molar-refractivity contribution in [3.63, 3.8) is 0 Å². The molecular formula is C13H21NO2. The van der Waals surface area contributed by atoms with Crippen molar-refractivity contribution in [2.24, 2.45) is 0 Å². The van der Waals surface area contributed by atoms with Crippen LogP contribution < -0.4 is 5.32 Å². The Kier molecular flexibility index (Phi) is 3.36. The van der Waals surface area contributed by atoms with Gasteiger partial charge < -0.3 is 14.5 Å². The number of ether oxygens (including phenoxy) is 1. The minimum atomic E-state index is -0.0172. The van der Waals surface area contributed by atoms with E-state index >= 15 is 0 Å². The van der Waals surface area contributed by atoms with E-state index in [4.69, 9.17) is 9.15 Å². The maximum absolute atomic E-state index is 5.88. The Morgan fingerprint density at radius 1 is 1.44 bits per heavy atom. The molecule has 0 atom stereocenters. The highest BCUT2D eigenvalue weighted by molar-refractivity contribution is 4.99. The molecule has 0 bridgehead atoms. The Labute approximate surface area is 97.2 Å². The molecule has 0 aliphatic heterocycles. The lowest BCUT2D eigenvalue weighted by Crippen LogP contribution is -2.47. The van der Waals surface area contributed by atoms with Crippen molar-refractivity contribution in [2.75, 3.05) is 0 Å². The van der Waals surface area contributed by atoms with Crippen LogP contribution in [0.5, 0.6) is 0 Å². The van der Waals surface area contributed by atoms with Gasteiger partial charge in [-0.2, -0.15) is 0 Å². The van der Waals surface area contributed by atoms with Crippen LogP contribution in [0.2, 0.25) is 0 Å². The second kappa shape index (κ2) is 4.60. The molecule has 1 fully saturated rings. The van der Waals surface area contributed by atoms with Gasteiger partial charge in [0.25, 0.3) is 0 Å². The normalized spacial score (nSPS) is 25.4. The van der Waals surface area contributed by atoms with Gasteiger partial charge in [0.05, 0.1) is 24.5 Å². The molecule has 1 heterocycles. The maximum Gasteiger partial charge on any atom is 0.117 e. The van der Waals surface area contributed by atoms with Gasteiger partial charge in [-0.25, -0.2) is 0 Å². The van der Waals surface area contributed by atoms with Gasteiger partial charge in [-0.05, 0) is 45.7 Å². The van der Waals surface area contributed by atoms with Crippen LogP contribution in [0.4, 0.5) is 0 Å². The fourth-order valence-electron chi connectivity index (χ4n) is 1.99. The summed E-state index contributed by atoms with van der Waals surface area (Å²) in [4.78, 5) is 0. The van der Waals surface area contributed by atoms with Crippen LogP contribution in [0.25, 0.3) is 0 Å². The van der Waals surface area contributed by atoms with Crippen molar-refractivity contribution in [3.8, 4) is 0 Å². The third-order valence-electron chi connectivity index (χ3n) is 2.76. The lowest BCUT2D eigenvalue weighted by Gasteiger charge is -2.39. The van der Waals surface area contributed by atoms with E-state index in [1.54, 1.807) is 6.26 Å². The lowest BCUT2D eigenvalue weighted by atomic mass is 9.88. The van der Waals surface area contributed by atoms with Crippen LogP contribution in [0.1, 0.15) is 39.4 Å². The van der Waals surface area contributed by atoms with E-state index in [9.17, 15) is 0 Å². The van der Waals surface area contributed by atoms with Gasteiger partial charge in [-0.15, -0.1) is 0 Å². The van der Waals surface area contributed by atoms with Crippen molar-refractivity contribution >= 4 is 0 Å². The van der Waals surface area contributed by atoms with Crippen LogP contribution in [-0.4, -0.2) is 17.7 Å². The fourth-order valence-corrected chi connectivity index (χ4v) is 1.99. The van der Waals surface area contributed by atoms with Crippen molar-refractivity contribution in [3.05, 3.63) is 24.2 Å². The van der Waals surface area contributed by atoms with E-state index in [2.05, 4.69) is 26.1 Å². The summed E-state index contributed by atoms with van der Waals surface area (Å²) in [7, 11) is 0. The molecule has 0 aromatic carbocycles. The van der Waals surface area contributed by atoms with E-state index in [1.807, 2.05) is 12.1 Å². The van der Waals surface area contributed by atoms with Gasteiger partial charge in [-0.1, -0.05) is 0 Å². The first-order valence-electron chi connectivity index (χ1n) is 5.96. The molecule has 16 heavy (non-hydrogen) atoms. The molecular weight excluding hydrogens is 202 g/mol. The van der Waals surface area contributed by atoms with Crippen LogP contribution >= 0.6 is 0 Å². The van der Waals surface area contributed by atoms with Crippen LogP contribution in [0.3, 0.4) is 0 Å². The molecule has 1 saturated carbocycles. The lowest BCUT2D eigenvalue weighted by molar-refractivity contribution is -0.102. The van der Waals surface area contributed by atoms with Crippen molar-refractivity contribution in [2.45, 2.75) is 57.9 Å². The summed E-state index contributed by atoms with van der Waals surface area (Å²) in [5.74, 6) is 1.00. The van der Waals surface area contributed by atoms with Gasteiger partial charge >= 0.3 is 0 Å². The minimum Gasteiger partial charge on any atom is -0.468 e. The molecule has 1 aromatic rings. The predicted molar refractivity (Wildman–Crippen MR) is 63.2 cm³/mol. The van der Waals surface area contributed by atoms with E-state index in [0.717, 1.165) is 25.1 Å². The monoisotopic (exact) mass is 223 g/mol. The zero-order chi connectivity index (χ0) is 11.6. The SMILES string of the molecule is CC(C)(C)OC1CC(NCc2ccco2)C1. The topological polar surface area (TPSA) is 34.4 Å². The number of hydrogen-bond donors (Lipinski definition) is 1. The molecule has 3 nitrogen and oxygen atoms in total. The molecule has 1 N–H and O–H groups in total. The predicted octanol–water partition coefficient (Wildman–Crippen LogP) is 2.72. The Hall–Kier alpha value is -0.800. The van der Waals surface area contributed by atoms with Gasteiger partial charge in [0.2, 0.25) is 0 Å². The van der Waals surface area contributed by atoms with Crippen LogP contribution in [0, 0.1) is 0 Å². The molecule has 0 radical (unpaired) electrons. The Bertz CT molecular complexity index is 307. The first-order chi connectivity index (χ1) is 7.53. The highest BCUT2D eigenvalue weighted by atomic mass is 16.5. The van der Waals surface area contributed by atoms with Gasteiger partial charge in [-0.3, -0.25) is 0 Å². The summed E-state index contributed by atoms with van der Waals surface area (Å²) < 4.78 is 11.1. The third kappa shape index (κ3) is 3.35. The van der Waals surface area contributed by atoms with Crippen LogP contribution in [0.15, 0.2) is 22.8 Å². The van der Waals surface area contributed by atoms with Gasteiger partial charge in [0, 0.05) is 6.04 Å². The number of furan rings is 1. The first-order valence-corrected chi connectivity index (χ1v) is 5.96. The summed E-state index contributed by atoms with van der Waals surface area (Å²) in [5.41, 5.74) is -0.0172. The highest BCUT2D eigenvalue weighted by Crippen LogP contribution is 2.27. The van der Waals surface area contributed by atoms with Gasteiger partial charge in [0.15, 0.2) is 0 Å². The molecule has 3 heteroatoms. The number of nitrogens with one attached hydrogen (secondary N) is 1. The molecule has 0 saturated heterocycles. The van der Waals surface area contributed by atoms with E-state index in [1.165, 1.54) is 0 Å². The van der Waals surface area contributed by atoms with E-state index in [-0.39, 0.29) is 5.60 Å². The summed E-state index contributed by atoms with van der Waals surface area (Å²) in [5, 5.41) is 3.46. The fraction of sp³-hybridized carbons (Fsp3) is 0.692. The third-order valence-corrected chi connectivity index (χ3v) is 2.76. The Morgan fingerprint density at radius 3 is 2.75 bits per heavy atom. The summed E-state index contributed by atoms with van der Waals surface area (Å²) in [6, 6.07) is 4.50. The van der Waals surface area contributed by atoms with E-state index < -0.39 is 0 Å². The first kappa shape index (κ1) is 11.7. The highest BCUT2D eigenvalue weighted by Gasteiger charge is 2.32. The standard InChI is InChI=1S/C13H21NO2/c1-13(2,3)16-12-7-10(8-12)14-9-11-5-4-6-15-11/h4-6,10,12,14H,7-9H2,1-3H3. The van der Waals surface area contributed by atoms with Gasteiger partial charge in [0.1, 0.15) is 5.76 Å². The van der Waals surface area contributed by atoms with Crippen LogP contribution in [-0.2, 0) is 11.3 Å². The molecule has 2 rings (SSSR count). The molecule has 0 unspecified atom stereocenters. The summed E-state index contributed by atoms with van der Waals surface area (Å²) >= 11 is 0. The zero-order valence-electron chi connectivity index (χ0n) is 10.3. The minimum absolute atomic E-state index is 0.0172. The Balaban J connectivity index is 1.62. The maximum atomic E-state index is 5.88. The molecule has 0 amide bonds. The average molecular weight is 223 g/mol. The molecule has 0 spiro atoms. The largest absolute Gasteiger partial charge is 0.468 e. The zero-order valence-corrected chi connectivity index (χ0v) is 10.3. The van der Waals surface area contributed by atoms with Crippen molar-refractivity contribution in [1.82, 2.24) is 5.32 Å². The molecule has 1 aromatic heterocycles. The van der Waals surface area contributed by atoms with Crippen molar-refractivity contribution < 1.29 is 9.15 Å². The molecule has 1 aliphatic carbocycles. The number of rotatable bonds is 4. The second-order valence-corrected chi connectivity index (χ2v) is 5.48. The van der Waals surface area contributed by atoms with Crippen molar-refractivity contribution in [1.29, 1.82) is 0 Å². The molecule has 1 aliphatic rings. The average Bonchev–Trinajstić information content (AvgIpc) is 2.59. The number of hydrogen-bond acceptors (Lipinski definition) is 3. The Morgan fingerprint density at radius 2 is 2.19 bits per heavy atom. The van der Waals surface area contributed by atoms with E-state index in [0.29, 0.717) is 12.1 Å². The summed E-state index contributed by atoms with van der Waals surface area (Å²) in [6.07, 6.45) is 4.35. The smallest absolute Gasteiger partial charge is 0.117 e. The molecule has 90 valence electrons. The summed E-state index contributed by atoms with van der Waals surface area (Å²) in [6.45, 7) is 7.14. The second-order valence-electron chi connectivity index (χ2n) is 5.48. The quantitative estimate of drug-likeness (QED) is 0.852.